The van der Waals surface area contributed by atoms with Crippen LogP contribution in [0, 0.1) is 6.92 Å². The normalized spacial score (nSPS) is 12.7. The molecule has 0 atom stereocenters. The van der Waals surface area contributed by atoms with Crippen molar-refractivity contribution in [1.82, 2.24) is 4.98 Å². The van der Waals surface area contributed by atoms with Gasteiger partial charge in [0.2, 0.25) is 0 Å². The standard InChI is InChI=1S/C23H21N3O4/c1-16-4-2-6-19(12-16)29-11-10-26-20-13-18(7-8-21(20)30-15-22(26)27)25-23(28)17-5-3-9-24-14-17/h2-9,12-14H,10-11,15H2,1H3,(H,25,28). The average molecular weight is 403 g/mol. The van der Waals surface area contributed by atoms with Gasteiger partial charge in [0, 0.05) is 18.1 Å². The molecule has 3 aromatic rings. The maximum absolute atomic E-state index is 12.5. The SMILES string of the molecule is Cc1cccc(OCCN2C(=O)COc3ccc(NC(=O)c4cccnc4)cc32)c1. The van der Waals surface area contributed by atoms with Crippen molar-refractivity contribution in [3.8, 4) is 11.5 Å². The van der Waals surface area contributed by atoms with E-state index in [2.05, 4.69) is 10.3 Å². The molecular weight excluding hydrogens is 382 g/mol. The third-order valence-electron chi connectivity index (χ3n) is 4.66. The fraction of sp³-hybridized carbons (Fsp3) is 0.174. The first-order valence-electron chi connectivity index (χ1n) is 9.58. The van der Waals surface area contributed by atoms with E-state index in [1.807, 2.05) is 31.2 Å². The van der Waals surface area contributed by atoms with Gasteiger partial charge in [-0.25, -0.2) is 0 Å². The highest BCUT2D eigenvalue weighted by Gasteiger charge is 2.26. The van der Waals surface area contributed by atoms with E-state index in [1.54, 1.807) is 41.4 Å². The number of aryl methyl sites for hydroxylation is 1. The number of nitrogens with one attached hydrogen (secondary N) is 1. The highest BCUT2D eigenvalue weighted by molar-refractivity contribution is 6.05. The van der Waals surface area contributed by atoms with Gasteiger partial charge in [-0.2, -0.15) is 0 Å². The molecular formula is C23H21N3O4. The minimum atomic E-state index is -0.277. The molecule has 0 aliphatic carbocycles. The Balaban J connectivity index is 1.48. The number of hydrogen-bond donors (Lipinski definition) is 1. The molecule has 1 aliphatic rings. The Bertz CT molecular complexity index is 1070. The zero-order chi connectivity index (χ0) is 20.9. The van der Waals surface area contributed by atoms with Crippen LogP contribution in [-0.2, 0) is 4.79 Å². The number of hydrogen-bond acceptors (Lipinski definition) is 5. The van der Waals surface area contributed by atoms with Gasteiger partial charge in [-0.1, -0.05) is 12.1 Å². The van der Waals surface area contributed by atoms with Crippen molar-refractivity contribution < 1.29 is 19.1 Å². The van der Waals surface area contributed by atoms with Gasteiger partial charge in [0.05, 0.1) is 17.8 Å². The summed E-state index contributed by atoms with van der Waals surface area (Å²) < 4.78 is 11.3. The van der Waals surface area contributed by atoms with Crippen molar-refractivity contribution >= 4 is 23.2 Å². The number of nitrogens with zero attached hydrogens (tertiary/aromatic N) is 2. The van der Waals surface area contributed by atoms with Gasteiger partial charge in [0.1, 0.15) is 18.1 Å². The average Bonchev–Trinajstić information content (AvgIpc) is 2.76. The van der Waals surface area contributed by atoms with E-state index in [4.69, 9.17) is 9.47 Å². The number of ether oxygens (including phenoxy) is 2. The van der Waals surface area contributed by atoms with E-state index in [-0.39, 0.29) is 18.4 Å². The fourth-order valence-corrected chi connectivity index (χ4v) is 3.19. The first-order valence-corrected chi connectivity index (χ1v) is 9.58. The molecule has 0 unspecified atom stereocenters. The van der Waals surface area contributed by atoms with E-state index in [9.17, 15) is 9.59 Å². The Hall–Kier alpha value is -3.87. The summed E-state index contributed by atoms with van der Waals surface area (Å²) in [7, 11) is 0. The number of amides is 2. The lowest BCUT2D eigenvalue weighted by molar-refractivity contribution is -0.121. The molecule has 4 rings (SSSR count). The van der Waals surface area contributed by atoms with E-state index in [0.717, 1.165) is 11.3 Å². The van der Waals surface area contributed by atoms with Crippen LogP contribution in [0.4, 0.5) is 11.4 Å². The van der Waals surface area contributed by atoms with Crippen molar-refractivity contribution in [2.75, 3.05) is 30.0 Å². The molecule has 0 radical (unpaired) electrons. The number of aromatic nitrogens is 1. The monoisotopic (exact) mass is 403 g/mol. The Kier molecular flexibility index (Phi) is 5.61. The highest BCUT2D eigenvalue weighted by atomic mass is 16.5. The highest BCUT2D eigenvalue weighted by Crippen LogP contribution is 2.34. The smallest absolute Gasteiger partial charge is 0.265 e. The molecule has 0 saturated carbocycles. The van der Waals surface area contributed by atoms with E-state index >= 15 is 0 Å². The summed E-state index contributed by atoms with van der Waals surface area (Å²) in [6.07, 6.45) is 3.10. The van der Waals surface area contributed by atoms with Crippen molar-refractivity contribution in [2.45, 2.75) is 6.92 Å². The number of carbonyl (C=O) groups is 2. The molecule has 1 N–H and O–H groups in total. The third kappa shape index (κ3) is 4.41. The van der Waals surface area contributed by atoms with Crippen LogP contribution in [-0.4, -0.2) is 36.6 Å². The summed E-state index contributed by atoms with van der Waals surface area (Å²) in [6, 6.07) is 16.3. The number of carbonyl (C=O) groups excluding carboxylic acids is 2. The van der Waals surface area contributed by atoms with Gasteiger partial charge in [0.15, 0.2) is 6.61 Å². The first-order chi connectivity index (χ1) is 14.6. The zero-order valence-electron chi connectivity index (χ0n) is 16.5. The summed E-state index contributed by atoms with van der Waals surface area (Å²) >= 11 is 0. The van der Waals surface area contributed by atoms with Crippen molar-refractivity contribution in [3.05, 3.63) is 78.1 Å². The van der Waals surface area contributed by atoms with E-state index < -0.39 is 0 Å². The Morgan fingerprint density at radius 1 is 1.20 bits per heavy atom. The van der Waals surface area contributed by atoms with Gasteiger partial charge in [-0.15, -0.1) is 0 Å². The van der Waals surface area contributed by atoms with Crippen molar-refractivity contribution in [3.63, 3.8) is 0 Å². The van der Waals surface area contributed by atoms with Gasteiger partial charge in [-0.3, -0.25) is 14.6 Å². The molecule has 7 nitrogen and oxygen atoms in total. The maximum Gasteiger partial charge on any atom is 0.265 e. The van der Waals surface area contributed by atoms with Gasteiger partial charge in [-0.05, 0) is 55.0 Å². The van der Waals surface area contributed by atoms with Crippen LogP contribution in [0.3, 0.4) is 0 Å². The Morgan fingerprint density at radius 2 is 2.10 bits per heavy atom. The summed E-state index contributed by atoms with van der Waals surface area (Å²) in [5, 5.41) is 2.83. The first kappa shape index (κ1) is 19.4. The van der Waals surface area contributed by atoms with Crippen LogP contribution < -0.4 is 19.7 Å². The second-order valence-electron chi connectivity index (χ2n) is 6.88. The zero-order valence-corrected chi connectivity index (χ0v) is 16.5. The summed E-state index contributed by atoms with van der Waals surface area (Å²) in [5.41, 5.74) is 2.72. The molecule has 30 heavy (non-hydrogen) atoms. The summed E-state index contributed by atoms with van der Waals surface area (Å²) in [6.45, 7) is 2.67. The molecule has 1 aromatic heterocycles. The number of pyridine rings is 1. The van der Waals surface area contributed by atoms with Crippen molar-refractivity contribution in [1.29, 1.82) is 0 Å². The molecule has 0 saturated heterocycles. The summed E-state index contributed by atoms with van der Waals surface area (Å²) in [5.74, 6) is 0.907. The number of benzene rings is 2. The minimum Gasteiger partial charge on any atom is -0.492 e. The molecule has 0 bridgehead atoms. The van der Waals surface area contributed by atoms with Crippen LogP contribution in [0.5, 0.6) is 11.5 Å². The molecule has 0 spiro atoms. The largest absolute Gasteiger partial charge is 0.492 e. The summed E-state index contributed by atoms with van der Waals surface area (Å²) in [4.78, 5) is 30.4. The van der Waals surface area contributed by atoms with Gasteiger partial charge in [0.25, 0.3) is 11.8 Å². The van der Waals surface area contributed by atoms with Crippen LogP contribution in [0.15, 0.2) is 67.0 Å². The predicted molar refractivity (Wildman–Crippen MR) is 113 cm³/mol. The molecule has 2 amide bonds. The number of anilines is 2. The van der Waals surface area contributed by atoms with E-state index in [0.29, 0.717) is 35.8 Å². The Labute approximate surface area is 174 Å². The van der Waals surface area contributed by atoms with Crippen LogP contribution in [0.1, 0.15) is 15.9 Å². The van der Waals surface area contributed by atoms with Crippen LogP contribution >= 0.6 is 0 Å². The van der Waals surface area contributed by atoms with Crippen LogP contribution in [0.25, 0.3) is 0 Å². The molecule has 152 valence electrons. The topological polar surface area (TPSA) is 80.8 Å². The van der Waals surface area contributed by atoms with Gasteiger partial charge < -0.3 is 19.7 Å². The third-order valence-corrected chi connectivity index (χ3v) is 4.66. The second-order valence-corrected chi connectivity index (χ2v) is 6.88. The quantitative estimate of drug-likeness (QED) is 0.682. The lowest BCUT2D eigenvalue weighted by Crippen LogP contribution is -2.41. The van der Waals surface area contributed by atoms with Crippen LogP contribution in [0.2, 0.25) is 0 Å². The maximum atomic E-state index is 12.5. The lowest BCUT2D eigenvalue weighted by Gasteiger charge is -2.29. The van der Waals surface area contributed by atoms with E-state index in [1.165, 1.54) is 6.20 Å². The molecule has 0 fully saturated rings. The predicted octanol–water partition coefficient (Wildman–Crippen LogP) is 3.45. The molecule has 1 aliphatic heterocycles. The minimum absolute atomic E-state index is 0.0289. The van der Waals surface area contributed by atoms with Crippen molar-refractivity contribution in [2.24, 2.45) is 0 Å². The molecule has 2 aromatic carbocycles. The second kappa shape index (κ2) is 8.65. The molecule has 7 heteroatoms. The number of rotatable bonds is 6. The lowest BCUT2D eigenvalue weighted by atomic mass is 10.2. The molecule has 2 heterocycles. The number of fused-ring (bicyclic) bond motifs is 1. The Morgan fingerprint density at radius 3 is 2.90 bits per heavy atom. The fourth-order valence-electron chi connectivity index (χ4n) is 3.19. The van der Waals surface area contributed by atoms with Gasteiger partial charge >= 0.3 is 0 Å².